The third kappa shape index (κ3) is 3.13. The summed E-state index contributed by atoms with van der Waals surface area (Å²) in [6, 6.07) is 14.1. The Morgan fingerprint density at radius 2 is 1.88 bits per heavy atom. The fourth-order valence-electron chi connectivity index (χ4n) is 3.23. The molecule has 0 atom stereocenters. The van der Waals surface area contributed by atoms with E-state index in [0.29, 0.717) is 10.0 Å². The Morgan fingerprint density at radius 1 is 1.00 bits per heavy atom. The zero-order chi connectivity index (χ0) is 16.7. The number of benzene rings is 2. The van der Waals surface area contributed by atoms with Crippen molar-refractivity contribution in [3.8, 4) is 0 Å². The van der Waals surface area contributed by atoms with Crippen LogP contribution in [0.15, 0.2) is 46.9 Å². The van der Waals surface area contributed by atoms with Crippen molar-refractivity contribution in [2.24, 2.45) is 0 Å². The van der Waals surface area contributed by atoms with Crippen molar-refractivity contribution in [2.45, 2.75) is 19.4 Å². The number of aryl methyl sites for hydroxylation is 1. The van der Waals surface area contributed by atoms with Crippen LogP contribution >= 0.6 is 39.1 Å². The highest BCUT2D eigenvalue weighted by atomic mass is 79.9. The van der Waals surface area contributed by atoms with Gasteiger partial charge in [-0.3, -0.25) is 0 Å². The quantitative estimate of drug-likeness (QED) is 0.461. The largest absolute Gasteiger partial charge is 0.352 e. The van der Waals surface area contributed by atoms with Crippen LogP contribution in [0, 0.1) is 0 Å². The highest BCUT2D eigenvalue weighted by Crippen LogP contribution is 2.31. The molecule has 0 unspecified atom stereocenters. The molecule has 0 bridgehead atoms. The smallest absolute Gasteiger partial charge is 0.131 e. The molecular formula is C19H15BrCl2N2. The van der Waals surface area contributed by atoms with Gasteiger partial charge in [0.05, 0.1) is 10.5 Å². The Morgan fingerprint density at radius 3 is 2.75 bits per heavy atom. The molecule has 5 heteroatoms. The lowest BCUT2D eigenvalue weighted by Gasteiger charge is -2.23. The molecule has 0 N–H and O–H groups in total. The summed E-state index contributed by atoms with van der Waals surface area (Å²) in [5.74, 6) is 0.922. The molecule has 1 aliphatic rings. The first-order valence-corrected chi connectivity index (χ1v) is 9.43. The average molecular weight is 422 g/mol. The van der Waals surface area contributed by atoms with E-state index in [1.165, 1.54) is 11.1 Å². The normalized spacial score (nSPS) is 14.5. The lowest BCUT2D eigenvalue weighted by molar-refractivity contribution is 0.756. The highest BCUT2D eigenvalue weighted by molar-refractivity contribution is 9.10. The Balaban J connectivity index is 1.74. The number of halogens is 3. The predicted molar refractivity (Wildman–Crippen MR) is 105 cm³/mol. The molecule has 0 aliphatic carbocycles. The second kappa shape index (κ2) is 6.55. The Hall–Kier alpha value is -1.29. The molecule has 1 aromatic heterocycles. The molecule has 2 aromatic carbocycles. The fraction of sp³-hybridized carbons (Fsp3) is 0.211. The number of rotatable bonds is 1. The second-order valence-electron chi connectivity index (χ2n) is 6.06. The van der Waals surface area contributed by atoms with Crippen molar-refractivity contribution in [2.75, 3.05) is 11.4 Å². The standard InChI is InChI=1S/C19H15BrCl2N2/c20-14-4-3-13-11-24(7-1-2-12(13)8-14)19-10-17(22)16-9-15(21)5-6-18(16)23-19/h3-6,8-10H,1-2,7,11H2. The van der Waals surface area contributed by atoms with Gasteiger partial charge in [0.25, 0.3) is 0 Å². The van der Waals surface area contributed by atoms with Crippen molar-refractivity contribution < 1.29 is 0 Å². The van der Waals surface area contributed by atoms with Crippen LogP contribution in [0.25, 0.3) is 10.9 Å². The first-order valence-electron chi connectivity index (χ1n) is 7.88. The zero-order valence-electron chi connectivity index (χ0n) is 12.9. The monoisotopic (exact) mass is 420 g/mol. The van der Waals surface area contributed by atoms with Crippen molar-refractivity contribution in [3.63, 3.8) is 0 Å². The van der Waals surface area contributed by atoms with Crippen LogP contribution in [0.1, 0.15) is 17.5 Å². The van der Waals surface area contributed by atoms with Crippen molar-refractivity contribution in [1.82, 2.24) is 4.98 Å². The summed E-state index contributed by atoms with van der Waals surface area (Å²) in [6.45, 7) is 1.82. The highest BCUT2D eigenvalue weighted by Gasteiger charge is 2.17. The van der Waals surface area contributed by atoms with Gasteiger partial charge in [0, 0.05) is 28.0 Å². The topological polar surface area (TPSA) is 16.1 Å². The maximum Gasteiger partial charge on any atom is 0.131 e. The summed E-state index contributed by atoms with van der Waals surface area (Å²) in [4.78, 5) is 7.11. The van der Waals surface area contributed by atoms with Gasteiger partial charge in [0.2, 0.25) is 0 Å². The van der Waals surface area contributed by atoms with E-state index >= 15 is 0 Å². The predicted octanol–water partition coefficient (Wildman–Crippen LogP) is 6.26. The molecule has 0 saturated carbocycles. The first-order chi connectivity index (χ1) is 11.6. The minimum absolute atomic E-state index is 0.674. The van der Waals surface area contributed by atoms with Gasteiger partial charge < -0.3 is 4.90 Å². The number of nitrogens with zero attached hydrogens (tertiary/aromatic N) is 2. The summed E-state index contributed by atoms with van der Waals surface area (Å²) in [5.41, 5.74) is 3.64. The van der Waals surface area contributed by atoms with Crippen LogP contribution in [-0.4, -0.2) is 11.5 Å². The van der Waals surface area contributed by atoms with Crippen LogP contribution in [0.5, 0.6) is 0 Å². The van der Waals surface area contributed by atoms with Crippen LogP contribution in [0.4, 0.5) is 5.82 Å². The van der Waals surface area contributed by atoms with Gasteiger partial charge in [0.15, 0.2) is 0 Å². The van der Waals surface area contributed by atoms with E-state index in [9.17, 15) is 0 Å². The summed E-state index contributed by atoms with van der Waals surface area (Å²) in [6.07, 6.45) is 2.18. The van der Waals surface area contributed by atoms with E-state index in [2.05, 4.69) is 39.0 Å². The van der Waals surface area contributed by atoms with Crippen LogP contribution in [-0.2, 0) is 13.0 Å². The van der Waals surface area contributed by atoms with Gasteiger partial charge in [-0.25, -0.2) is 4.98 Å². The van der Waals surface area contributed by atoms with E-state index in [4.69, 9.17) is 28.2 Å². The molecule has 0 radical (unpaired) electrons. The van der Waals surface area contributed by atoms with Gasteiger partial charge >= 0.3 is 0 Å². The first kappa shape index (κ1) is 16.2. The lowest BCUT2D eigenvalue weighted by Crippen LogP contribution is -2.23. The molecule has 0 amide bonds. The van der Waals surface area contributed by atoms with Gasteiger partial charge in [-0.15, -0.1) is 0 Å². The molecule has 2 nitrogen and oxygen atoms in total. The number of pyridine rings is 1. The van der Waals surface area contributed by atoms with Crippen LogP contribution in [0.2, 0.25) is 10.0 Å². The van der Waals surface area contributed by atoms with E-state index in [0.717, 1.165) is 47.1 Å². The number of anilines is 1. The molecule has 0 saturated heterocycles. The molecule has 2 heterocycles. The molecule has 122 valence electrons. The maximum atomic E-state index is 6.48. The summed E-state index contributed by atoms with van der Waals surface area (Å²) >= 11 is 16.1. The lowest BCUT2D eigenvalue weighted by atomic mass is 10.0. The van der Waals surface area contributed by atoms with Crippen molar-refractivity contribution in [3.05, 3.63) is 68.1 Å². The summed E-state index contributed by atoms with van der Waals surface area (Å²) in [5, 5.41) is 2.26. The Kier molecular flexibility index (Phi) is 4.42. The van der Waals surface area contributed by atoms with Gasteiger partial charge in [0.1, 0.15) is 5.82 Å². The number of fused-ring (bicyclic) bond motifs is 2. The average Bonchev–Trinajstić information content (AvgIpc) is 2.77. The third-order valence-corrected chi connectivity index (χ3v) is 5.48. The Labute approximate surface area is 159 Å². The molecule has 1 aliphatic heterocycles. The zero-order valence-corrected chi connectivity index (χ0v) is 16.0. The fourth-order valence-corrected chi connectivity index (χ4v) is 4.06. The van der Waals surface area contributed by atoms with Gasteiger partial charge in [-0.1, -0.05) is 45.2 Å². The molecule has 0 spiro atoms. The second-order valence-corrected chi connectivity index (χ2v) is 7.82. The maximum absolute atomic E-state index is 6.48. The molecule has 0 fully saturated rings. The van der Waals surface area contributed by atoms with Gasteiger partial charge in [-0.05, 0) is 60.4 Å². The van der Waals surface area contributed by atoms with Crippen molar-refractivity contribution >= 4 is 55.9 Å². The number of aromatic nitrogens is 1. The summed E-state index contributed by atoms with van der Waals surface area (Å²) < 4.78 is 1.14. The minimum Gasteiger partial charge on any atom is -0.352 e. The van der Waals surface area contributed by atoms with Gasteiger partial charge in [-0.2, -0.15) is 0 Å². The minimum atomic E-state index is 0.674. The molecular weight excluding hydrogens is 407 g/mol. The molecule has 24 heavy (non-hydrogen) atoms. The molecule has 4 rings (SSSR count). The summed E-state index contributed by atoms with van der Waals surface area (Å²) in [7, 11) is 0. The SMILES string of the molecule is Clc1ccc2nc(N3CCCc4cc(Br)ccc4C3)cc(Cl)c2c1. The number of hydrogen-bond acceptors (Lipinski definition) is 2. The van der Waals surface area contributed by atoms with E-state index in [-0.39, 0.29) is 0 Å². The van der Waals surface area contributed by atoms with E-state index in [1.807, 2.05) is 24.3 Å². The van der Waals surface area contributed by atoms with Crippen LogP contribution in [0.3, 0.4) is 0 Å². The van der Waals surface area contributed by atoms with Crippen LogP contribution < -0.4 is 4.90 Å². The number of hydrogen-bond donors (Lipinski definition) is 0. The van der Waals surface area contributed by atoms with E-state index < -0.39 is 0 Å². The molecule has 3 aromatic rings. The van der Waals surface area contributed by atoms with Crippen molar-refractivity contribution in [1.29, 1.82) is 0 Å². The third-order valence-electron chi connectivity index (χ3n) is 4.43. The van der Waals surface area contributed by atoms with E-state index in [1.54, 1.807) is 0 Å². The Bertz CT molecular complexity index is 927.